The van der Waals surface area contributed by atoms with E-state index in [1.54, 1.807) is 60.7 Å². The number of carbonyl (C=O) groups excluding carboxylic acids is 2. The van der Waals surface area contributed by atoms with Crippen LogP contribution in [0.5, 0.6) is 0 Å². The number of hydrogen-bond acceptors (Lipinski definition) is 4. The number of Topliss-reactive ketones (excluding diaryl/α,β-unsaturated/α-hetero) is 1. The Morgan fingerprint density at radius 3 is 2.36 bits per heavy atom. The highest BCUT2D eigenvalue weighted by molar-refractivity contribution is 6.46. The fourth-order valence-electron chi connectivity index (χ4n) is 3.36. The molecule has 1 aliphatic heterocycles. The van der Waals surface area contributed by atoms with Crippen LogP contribution < -0.4 is 0 Å². The summed E-state index contributed by atoms with van der Waals surface area (Å²) in [4.78, 5) is 27.0. The van der Waals surface area contributed by atoms with Gasteiger partial charge in [0.2, 0.25) is 0 Å². The lowest BCUT2D eigenvalue weighted by atomic mass is 9.95. The van der Waals surface area contributed by atoms with Crippen molar-refractivity contribution < 1.29 is 19.1 Å². The van der Waals surface area contributed by atoms with Crippen molar-refractivity contribution in [3.63, 3.8) is 0 Å². The first kappa shape index (κ1) is 18.1. The number of furan rings is 1. The number of halogens is 1. The summed E-state index contributed by atoms with van der Waals surface area (Å²) in [6.45, 7) is 0.108. The second kappa shape index (κ2) is 7.37. The number of amides is 1. The molecule has 0 unspecified atom stereocenters. The first-order chi connectivity index (χ1) is 13.6. The van der Waals surface area contributed by atoms with Crippen molar-refractivity contribution in [2.75, 3.05) is 0 Å². The third-order valence-corrected chi connectivity index (χ3v) is 4.93. The van der Waals surface area contributed by atoms with Gasteiger partial charge in [0, 0.05) is 10.6 Å². The van der Waals surface area contributed by atoms with E-state index in [1.165, 1.54) is 11.2 Å². The van der Waals surface area contributed by atoms with Gasteiger partial charge in [-0.3, -0.25) is 9.59 Å². The Kier molecular flexibility index (Phi) is 4.75. The summed E-state index contributed by atoms with van der Waals surface area (Å²) >= 11 is 6.00. The zero-order valence-electron chi connectivity index (χ0n) is 14.7. The minimum Gasteiger partial charge on any atom is -0.507 e. The van der Waals surface area contributed by atoms with Crippen molar-refractivity contribution in [3.05, 3.63) is 100 Å². The largest absolute Gasteiger partial charge is 0.507 e. The van der Waals surface area contributed by atoms with Crippen LogP contribution in [0.15, 0.2) is 83.0 Å². The van der Waals surface area contributed by atoms with Crippen LogP contribution in [0.2, 0.25) is 5.02 Å². The quantitative estimate of drug-likeness (QED) is 0.401. The molecule has 6 heteroatoms. The molecule has 1 aromatic heterocycles. The van der Waals surface area contributed by atoms with E-state index in [0.29, 0.717) is 21.9 Å². The van der Waals surface area contributed by atoms with Crippen molar-refractivity contribution in [2.45, 2.75) is 12.6 Å². The molecule has 1 fully saturated rings. The lowest BCUT2D eigenvalue weighted by Crippen LogP contribution is -2.29. The summed E-state index contributed by atoms with van der Waals surface area (Å²) in [5.41, 5.74) is 1.19. The van der Waals surface area contributed by atoms with E-state index in [9.17, 15) is 14.7 Å². The van der Waals surface area contributed by atoms with Crippen LogP contribution in [0.25, 0.3) is 5.76 Å². The zero-order chi connectivity index (χ0) is 19.7. The van der Waals surface area contributed by atoms with Crippen LogP contribution in [0, 0.1) is 0 Å². The second-order valence-corrected chi connectivity index (χ2v) is 6.86. The van der Waals surface area contributed by atoms with Gasteiger partial charge in [0.25, 0.3) is 11.7 Å². The minimum absolute atomic E-state index is 0.0464. The number of aliphatic hydroxyl groups is 1. The van der Waals surface area contributed by atoms with Gasteiger partial charge in [0.05, 0.1) is 24.4 Å². The maximum absolute atomic E-state index is 12.8. The molecule has 1 aliphatic rings. The van der Waals surface area contributed by atoms with Gasteiger partial charge < -0.3 is 14.4 Å². The van der Waals surface area contributed by atoms with Crippen molar-refractivity contribution in [1.29, 1.82) is 0 Å². The second-order valence-electron chi connectivity index (χ2n) is 6.42. The molecule has 0 aliphatic carbocycles. The first-order valence-corrected chi connectivity index (χ1v) is 9.05. The Bertz CT molecular complexity index is 1040. The molecule has 4 rings (SSSR count). The predicted octanol–water partition coefficient (Wildman–Crippen LogP) is 4.55. The molecule has 28 heavy (non-hydrogen) atoms. The minimum atomic E-state index is -0.748. The molecule has 1 N–H and O–H groups in total. The van der Waals surface area contributed by atoms with E-state index in [4.69, 9.17) is 16.0 Å². The SMILES string of the molecule is O=C1C(=O)N(Cc2ccco2)[C@H](c2ccc(Cl)cc2)/C1=C(\O)c1ccccc1. The molecule has 0 saturated carbocycles. The molecule has 1 saturated heterocycles. The van der Waals surface area contributed by atoms with Gasteiger partial charge in [0.1, 0.15) is 11.5 Å². The van der Waals surface area contributed by atoms with Gasteiger partial charge in [-0.25, -0.2) is 0 Å². The van der Waals surface area contributed by atoms with Gasteiger partial charge in [-0.1, -0.05) is 54.1 Å². The summed E-state index contributed by atoms with van der Waals surface area (Å²) in [5, 5.41) is 11.4. The summed E-state index contributed by atoms with van der Waals surface area (Å²) in [5.74, 6) is -1.08. The van der Waals surface area contributed by atoms with Gasteiger partial charge in [-0.05, 0) is 29.8 Å². The molecular weight excluding hydrogens is 378 g/mol. The zero-order valence-corrected chi connectivity index (χ0v) is 15.5. The van der Waals surface area contributed by atoms with E-state index in [1.807, 2.05) is 6.07 Å². The van der Waals surface area contributed by atoms with Crippen molar-refractivity contribution in [2.24, 2.45) is 0 Å². The van der Waals surface area contributed by atoms with Crippen LogP contribution in [-0.2, 0) is 16.1 Å². The van der Waals surface area contributed by atoms with Crippen molar-refractivity contribution >= 4 is 29.1 Å². The highest BCUT2D eigenvalue weighted by atomic mass is 35.5. The molecule has 1 amide bonds. The lowest BCUT2D eigenvalue weighted by molar-refractivity contribution is -0.140. The van der Waals surface area contributed by atoms with E-state index >= 15 is 0 Å². The first-order valence-electron chi connectivity index (χ1n) is 8.68. The number of aliphatic hydroxyl groups excluding tert-OH is 1. The van der Waals surface area contributed by atoms with E-state index < -0.39 is 17.7 Å². The molecule has 3 aromatic rings. The molecule has 0 radical (unpaired) electrons. The van der Waals surface area contributed by atoms with Crippen molar-refractivity contribution in [1.82, 2.24) is 4.90 Å². The van der Waals surface area contributed by atoms with Crippen LogP contribution in [0.4, 0.5) is 0 Å². The van der Waals surface area contributed by atoms with Crippen LogP contribution >= 0.6 is 11.6 Å². The Balaban J connectivity index is 1.86. The molecular formula is C22H16ClNO4. The Morgan fingerprint density at radius 1 is 1.00 bits per heavy atom. The number of benzene rings is 2. The standard InChI is InChI=1S/C22H16ClNO4/c23-16-10-8-14(9-11-16)19-18(20(25)15-5-2-1-3-6-15)21(26)22(27)24(19)13-17-7-4-12-28-17/h1-12,19,25H,13H2/b20-18+/t19-/m1/s1. The number of hydrogen-bond donors (Lipinski definition) is 1. The highest BCUT2D eigenvalue weighted by Gasteiger charge is 2.46. The molecule has 0 bridgehead atoms. The molecule has 140 valence electrons. The molecule has 5 nitrogen and oxygen atoms in total. The Hall–Kier alpha value is -3.31. The van der Waals surface area contributed by atoms with Gasteiger partial charge in [-0.2, -0.15) is 0 Å². The average Bonchev–Trinajstić information content (AvgIpc) is 3.31. The predicted molar refractivity (Wildman–Crippen MR) is 104 cm³/mol. The van der Waals surface area contributed by atoms with Gasteiger partial charge >= 0.3 is 0 Å². The summed E-state index contributed by atoms with van der Waals surface area (Å²) in [6.07, 6.45) is 1.51. The fourth-order valence-corrected chi connectivity index (χ4v) is 3.48. The number of likely N-dealkylation sites (tertiary alicyclic amines) is 1. The Labute approximate surface area is 166 Å². The normalized spacial score (nSPS) is 18.6. The smallest absolute Gasteiger partial charge is 0.296 e. The third-order valence-electron chi connectivity index (χ3n) is 4.68. The summed E-state index contributed by atoms with van der Waals surface area (Å²) < 4.78 is 5.36. The fraction of sp³-hybridized carbons (Fsp3) is 0.0909. The molecule has 0 spiro atoms. The van der Waals surface area contributed by atoms with Crippen molar-refractivity contribution in [3.8, 4) is 0 Å². The average molecular weight is 394 g/mol. The maximum Gasteiger partial charge on any atom is 0.296 e. The molecule has 2 aromatic carbocycles. The Morgan fingerprint density at radius 2 is 1.71 bits per heavy atom. The van der Waals surface area contributed by atoms with Gasteiger partial charge in [0.15, 0.2) is 0 Å². The van der Waals surface area contributed by atoms with Gasteiger partial charge in [-0.15, -0.1) is 0 Å². The number of rotatable bonds is 4. The van der Waals surface area contributed by atoms with E-state index in [2.05, 4.69) is 0 Å². The monoisotopic (exact) mass is 393 g/mol. The van der Waals surface area contributed by atoms with Crippen LogP contribution in [0.3, 0.4) is 0 Å². The summed E-state index contributed by atoms with van der Waals surface area (Å²) in [7, 11) is 0. The highest BCUT2D eigenvalue weighted by Crippen LogP contribution is 2.40. The molecule has 2 heterocycles. The topological polar surface area (TPSA) is 70.8 Å². The maximum atomic E-state index is 12.8. The van der Waals surface area contributed by atoms with Crippen LogP contribution in [0.1, 0.15) is 22.9 Å². The van der Waals surface area contributed by atoms with Crippen LogP contribution in [-0.4, -0.2) is 21.7 Å². The van der Waals surface area contributed by atoms with E-state index in [-0.39, 0.29) is 17.9 Å². The number of ketones is 1. The summed E-state index contributed by atoms with van der Waals surface area (Å²) in [6, 6.07) is 18.3. The number of carbonyl (C=O) groups is 2. The molecule has 1 atom stereocenters. The third kappa shape index (κ3) is 3.21. The van der Waals surface area contributed by atoms with E-state index in [0.717, 1.165) is 0 Å². The lowest BCUT2D eigenvalue weighted by Gasteiger charge is -2.24. The number of nitrogens with zero attached hydrogens (tertiary/aromatic N) is 1.